The Labute approximate surface area is 104 Å². The number of hydrogen-bond acceptors (Lipinski definition) is 4. The van der Waals surface area contributed by atoms with Crippen LogP contribution in [0.4, 0.5) is 0 Å². The number of aromatic nitrogens is 1. The molecule has 6 nitrogen and oxygen atoms in total. The fourth-order valence-corrected chi connectivity index (χ4v) is 1.41. The molecular weight excluding hydrogens is 232 g/mol. The monoisotopic (exact) mass is 244 g/mol. The van der Waals surface area contributed by atoms with Crippen LogP contribution < -0.4 is 10.9 Å². The van der Waals surface area contributed by atoms with Crippen LogP contribution in [0.25, 0.3) is 0 Å². The molecule has 0 aliphatic heterocycles. The van der Waals surface area contributed by atoms with Gasteiger partial charge < -0.3 is 9.88 Å². The van der Waals surface area contributed by atoms with Gasteiger partial charge in [-0.1, -0.05) is 0 Å². The molecule has 92 valence electrons. The molecule has 0 fully saturated rings. The lowest BCUT2D eigenvalue weighted by atomic mass is 10.2. The van der Waals surface area contributed by atoms with E-state index in [2.05, 4.69) is 5.32 Å². The van der Waals surface area contributed by atoms with Crippen LogP contribution in [0.1, 0.15) is 17.7 Å². The zero-order valence-electron chi connectivity index (χ0n) is 9.93. The van der Waals surface area contributed by atoms with Crippen molar-refractivity contribution in [3.05, 3.63) is 33.7 Å². The number of rotatable bonds is 4. The summed E-state index contributed by atoms with van der Waals surface area (Å²) in [7, 11) is 0. The van der Waals surface area contributed by atoms with Crippen molar-refractivity contribution >= 4 is 5.91 Å². The number of carbonyl (C=O) groups excluding carboxylic acids is 1. The molecule has 0 atom stereocenters. The zero-order valence-corrected chi connectivity index (χ0v) is 9.93. The van der Waals surface area contributed by atoms with Gasteiger partial charge in [-0.05, 0) is 19.1 Å². The predicted octanol–water partition coefficient (Wildman–Crippen LogP) is 0.0583. The summed E-state index contributed by atoms with van der Waals surface area (Å²) in [5, 5.41) is 19.6. The number of amides is 1. The summed E-state index contributed by atoms with van der Waals surface area (Å²) in [5.41, 5.74) is 0.132. The smallest absolute Gasteiger partial charge is 0.269 e. The molecule has 18 heavy (non-hydrogen) atoms. The summed E-state index contributed by atoms with van der Waals surface area (Å²) < 4.78 is 1.24. The number of carbonyl (C=O) groups is 1. The molecule has 0 aromatic carbocycles. The standard InChI is InChI=1S/C12H12N4O2/c1-9-3-4-10(7-14)12(18)16(9)8-11(17)15-6-2-5-13/h3-4H,2,6,8H2,1H3,(H,15,17). The quantitative estimate of drug-likeness (QED) is 0.757. The lowest BCUT2D eigenvalue weighted by molar-refractivity contribution is -0.121. The Bertz CT molecular complexity index is 590. The molecule has 1 heterocycles. The van der Waals surface area contributed by atoms with Crippen molar-refractivity contribution in [1.82, 2.24) is 9.88 Å². The molecular formula is C12H12N4O2. The number of nitriles is 2. The SMILES string of the molecule is Cc1ccc(C#N)c(=O)n1CC(=O)NCCC#N. The van der Waals surface area contributed by atoms with E-state index in [0.717, 1.165) is 0 Å². The van der Waals surface area contributed by atoms with Gasteiger partial charge in [0.15, 0.2) is 0 Å². The van der Waals surface area contributed by atoms with Crippen molar-refractivity contribution in [3.63, 3.8) is 0 Å². The molecule has 0 saturated carbocycles. The van der Waals surface area contributed by atoms with E-state index in [-0.39, 0.29) is 31.0 Å². The van der Waals surface area contributed by atoms with E-state index in [9.17, 15) is 9.59 Å². The third-order valence-corrected chi connectivity index (χ3v) is 2.37. The number of nitrogens with one attached hydrogen (secondary N) is 1. The maximum Gasteiger partial charge on any atom is 0.269 e. The highest BCUT2D eigenvalue weighted by atomic mass is 16.2. The van der Waals surface area contributed by atoms with Gasteiger partial charge in [0, 0.05) is 12.2 Å². The summed E-state index contributed by atoms with van der Waals surface area (Å²) in [6.07, 6.45) is 0.220. The Morgan fingerprint density at radius 2 is 2.17 bits per heavy atom. The first-order valence-corrected chi connectivity index (χ1v) is 5.34. The number of nitrogens with zero attached hydrogens (tertiary/aromatic N) is 3. The number of aryl methyl sites for hydroxylation is 1. The maximum atomic E-state index is 11.8. The van der Waals surface area contributed by atoms with Gasteiger partial charge in [0.2, 0.25) is 5.91 Å². The van der Waals surface area contributed by atoms with Gasteiger partial charge in [0.25, 0.3) is 5.56 Å². The molecule has 1 aromatic heterocycles. The lowest BCUT2D eigenvalue weighted by Gasteiger charge is -2.09. The van der Waals surface area contributed by atoms with E-state index in [0.29, 0.717) is 5.69 Å². The molecule has 1 rings (SSSR count). The minimum atomic E-state index is -0.479. The Hall–Kier alpha value is -2.60. The van der Waals surface area contributed by atoms with Crippen LogP contribution in [0.2, 0.25) is 0 Å². The molecule has 0 aliphatic rings. The Morgan fingerprint density at radius 3 is 2.78 bits per heavy atom. The first-order chi connectivity index (χ1) is 8.60. The van der Waals surface area contributed by atoms with Crippen molar-refractivity contribution < 1.29 is 4.79 Å². The van der Waals surface area contributed by atoms with Crippen LogP contribution in [0.5, 0.6) is 0 Å². The molecule has 0 spiro atoms. The minimum absolute atomic E-state index is 0.00502. The summed E-state index contributed by atoms with van der Waals surface area (Å²) >= 11 is 0. The van der Waals surface area contributed by atoms with E-state index < -0.39 is 5.56 Å². The van der Waals surface area contributed by atoms with Crippen LogP contribution in [-0.2, 0) is 11.3 Å². The van der Waals surface area contributed by atoms with E-state index in [4.69, 9.17) is 10.5 Å². The first kappa shape index (κ1) is 13.5. The van der Waals surface area contributed by atoms with Gasteiger partial charge in [0.1, 0.15) is 18.2 Å². The zero-order chi connectivity index (χ0) is 13.5. The normalized spacial score (nSPS) is 9.28. The lowest BCUT2D eigenvalue weighted by Crippen LogP contribution is -2.34. The third kappa shape index (κ3) is 3.19. The van der Waals surface area contributed by atoms with E-state index in [1.807, 2.05) is 6.07 Å². The van der Waals surface area contributed by atoms with Crippen molar-refractivity contribution in [2.75, 3.05) is 6.54 Å². The first-order valence-electron chi connectivity index (χ1n) is 5.34. The van der Waals surface area contributed by atoms with Crippen LogP contribution >= 0.6 is 0 Å². The molecule has 0 radical (unpaired) electrons. The molecule has 0 unspecified atom stereocenters. The van der Waals surface area contributed by atoms with Crippen LogP contribution in [0, 0.1) is 29.6 Å². The largest absolute Gasteiger partial charge is 0.354 e. The van der Waals surface area contributed by atoms with Crippen molar-refractivity contribution in [1.29, 1.82) is 10.5 Å². The van der Waals surface area contributed by atoms with Gasteiger partial charge in [-0.2, -0.15) is 10.5 Å². The Balaban J connectivity index is 2.86. The summed E-state index contributed by atoms with van der Waals surface area (Å²) in [6, 6.07) is 6.73. The predicted molar refractivity (Wildman–Crippen MR) is 63.4 cm³/mol. The highest BCUT2D eigenvalue weighted by molar-refractivity contribution is 5.75. The van der Waals surface area contributed by atoms with Gasteiger partial charge in [-0.25, -0.2) is 0 Å². The molecule has 0 bridgehead atoms. The second-order valence-electron chi connectivity index (χ2n) is 3.65. The fraction of sp³-hybridized carbons (Fsp3) is 0.333. The summed E-state index contributed by atoms with van der Waals surface area (Å²) in [5.74, 6) is -0.356. The molecule has 0 saturated heterocycles. The van der Waals surface area contributed by atoms with Crippen LogP contribution in [0.3, 0.4) is 0 Å². The fourth-order valence-electron chi connectivity index (χ4n) is 1.41. The number of hydrogen-bond donors (Lipinski definition) is 1. The Kier molecular flexibility index (Phi) is 4.65. The van der Waals surface area contributed by atoms with Gasteiger partial charge in [-0.3, -0.25) is 9.59 Å². The number of pyridine rings is 1. The second-order valence-corrected chi connectivity index (χ2v) is 3.65. The minimum Gasteiger partial charge on any atom is -0.354 e. The van der Waals surface area contributed by atoms with Crippen LogP contribution in [0.15, 0.2) is 16.9 Å². The van der Waals surface area contributed by atoms with Gasteiger partial charge in [-0.15, -0.1) is 0 Å². The average molecular weight is 244 g/mol. The van der Waals surface area contributed by atoms with Crippen molar-refractivity contribution in [2.45, 2.75) is 19.9 Å². The second kappa shape index (κ2) is 6.21. The molecule has 6 heteroatoms. The molecule has 1 amide bonds. The summed E-state index contributed by atoms with van der Waals surface area (Å²) in [6.45, 7) is 1.79. The highest BCUT2D eigenvalue weighted by Gasteiger charge is 2.09. The Morgan fingerprint density at radius 1 is 1.44 bits per heavy atom. The topological polar surface area (TPSA) is 98.7 Å². The van der Waals surface area contributed by atoms with Crippen molar-refractivity contribution in [3.8, 4) is 12.1 Å². The third-order valence-electron chi connectivity index (χ3n) is 2.37. The van der Waals surface area contributed by atoms with E-state index in [1.165, 1.54) is 10.6 Å². The van der Waals surface area contributed by atoms with Crippen molar-refractivity contribution in [2.24, 2.45) is 0 Å². The molecule has 1 N–H and O–H groups in total. The highest BCUT2D eigenvalue weighted by Crippen LogP contribution is 1.97. The van der Waals surface area contributed by atoms with E-state index >= 15 is 0 Å². The maximum absolute atomic E-state index is 11.8. The van der Waals surface area contributed by atoms with Crippen LogP contribution in [-0.4, -0.2) is 17.0 Å². The van der Waals surface area contributed by atoms with E-state index in [1.54, 1.807) is 19.1 Å². The van der Waals surface area contributed by atoms with Gasteiger partial charge >= 0.3 is 0 Å². The molecule has 0 aliphatic carbocycles. The average Bonchev–Trinajstić information content (AvgIpc) is 2.35. The van der Waals surface area contributed by atoms with Gasteiger partial charge in [0.05, 0.1) is 12.5 Å². The molecule has 1 aromatic rings. The summed E-state index contributed by atoms with van der Waals surface area (Å²) in [4.78, 5) is 23.3.